The number of aromatic nitrogens is 2. The van der Waals surface area contributed by atoms with Gasteiger partial charge in [-0.05, 0) is 44.0 Å². The molecular weight excluding hydrogens is 392 g/mol. The predicted octanol–water partition coefficient (Wildman–Crippen LogP) is 3.43. The molecule has 7 nitrogen and oxygen atoms in total. The Hall–Kier alpha value is -2.51. The predicted molar refractivity (Wildman–Crippen MR) is 111 cm³/mol. The van der Waals surface area contributed by atoms with E-state index < -0.39 is 0 Å². The molecule has 2 aromatic rings. The summed E-state index contributed by atoms with van der Waals surface area (Å²) in [4.78, 5) is 35.5. The second-order valence-electron chi connectivity index (χ2n) is 7.09. The van der Waals surface area contributed by atoms with Crippen LogP contribution in [0.2, 0.25) is 5.02 Å². The first-order valence-corrected chi connectivity index (χ1v) is 10.0. The molecule has 8 heteroatoms. The number of carbonyl (C=O) groups is 2. The minimum Gasteiger partial charge on any atom is -0.384 e. The Kier molecular flexibility index (Phi) is 7.17. The largest absolute Gasteiger partial charge is 0.384 e. The Bertz CT molecular complexity index is 865. The van der Waals surface area contributed by atoms with E-state index in [1.165, 1.54) is 0 Å². The maximum atomic E-state index is 12.5. The van der Waals surface area contributed by atoms with Crippen LogP contribution in [0.25, 0.3) is 0 Å². The number of halogens is 1. The van der Waals surface area contributed by atoms with Crippen molar-refractivity contribution in [3.63, 3.8) is 0 Å². The van der Waals surface area contributed by atoms with Gasteiger partial charge in [-0.15, -0.1) is 0 Å². The number of benzene rings is 1. The molecule has 0 bridgehead atoms. The lowest BCUT2D eigenvalue weighted by Gasteiger charge is -2.31. The number of rotatable bonds is 6. The Morgan fingerprint density at radius 3 is 2.55 bits per heavy atom. The van der Waals surface area contributed by atoms with Gasteiger partial charge in [-0.3, -0.25) is 9.59 Å². The van der Waals surface area contributed by atoms with E-state index in [1.807, 2.05) is 11.8 Å². The smallest absolute Gasteiger partial charge is 0.259 e. The van der Waals surface area contributed by atoms with Crippen molar-refractivity contribution in [3.05, 3.63) is 52.6 Å². The fourth-order valence-corrected chi connectivity index (χ4v) is 3.50. The minimum absolute atomic E-state index is 0.122. The number of anilines is 1. The van der Waals surface area contributed by atoms with Crippen molar-refractivity contribution in [1.29, 1.82) is 0 Å². The molecule has 1 aliphatic rings. The molecule has 0 saturated carbocycles. The first kappa shape index (κ1) is 21.2. The first-order chi connectivity index (χ1) is 14.0. The van der Waals surface area contributed by atoms with Gasteiger partial charge in [0, 0.05) is 43.0 Å². The highest BCUT2D eigenvalue weighted by Gasteiger charge is 2.26. The Balaban J connectivity index is 1.60. The number of piperidine rings is 1. The second-order valence-corrected chi connectivity index (χ2v) is 7.52. The summed E-state index contributed by atoms with van der Waals surface area (Å²) < 4.78 is 4.97. The van der Waals surface area contributed by atoms with Gasteiger partial charge in [0.2, 0.25) is 5.91 Å². The van der Waals surface area contributed by atoms with Crippen molar-refractivity contribution >= 4 is 29.1 Å². The third-order valence-corrected chi connectivity index (χ3v) is 5.33. The van der Waals surface area contributed by atoms with E-state index in [2.05, 4.69) is 15.3 Å². The summed E-state index contributed by atoms with van der Waals surface area (Å²) in [5.74, 6) is 0.787. The molecule has 1 aliphatic heterocycles. The summed E-state index contributed by atoms with van der Waals surface area (Å²) >= 11 is 5.87. The third kappa shape index (κ3) is 5.52. The number of ether oxygens (including phenoxy) is 1. The number of hydrogen-bond acceptors (Lipinski definition) is 5. The van der Waals surface area contributed by atoms with Crippen molar-refractivity contribution in [2.75, 3.05) is 32.1 Å². The van der Waals surface area contributed by atoms with Gasteiger partial charge in [-0.25, -0.2) is 9.97 Å². The van der Waals surface area contributed by atoms with Crippen LogP contribution in [0, 0.1) is 6.92 Å². The average molecular weight is 417 g/mol. The topological polar surface area (TPSA) is 84.4 Å². The number of nitrogens with zero attached hydrogens (tertiary/aromatic N) is 3. The van der Waals surface area contributed by atoms with Crippen molar-refractivity contribution in [1.82, 2.24) is 14.9 Å². The van der Waals surface area contributed by atoms with Crippen LogP contribution in [0.15, 0.2) is 30.5 Å². The molecule has 0 radical (unpaired) electrons. The van der Waals surface area contributed by atoms with E-state index >= 15 is 0 Å². The second kappa shape index (κ2) is 9.80. The maximum Gasteiger partial charge on any atom is 0.259 e. The van der Waals surface area contributed by atoms with Crippen LogP contribution in [0.3, 0.4) is 0 Å². The molecule has 0 atom stereocenters. The molecule has 2 heterocycles. The van der Waals surface area contributed by atoms with Gasteiger partial charge >= 0.3 is 0 Å². The zero-order valence-corrected chi connectivity index (χ0v) is 17.4. The highest BCUT2D eigenvalue weighted by molar-refractivity contribution is 6.30. The van der Waals surface area contributed by atoms with E-state index in [0.29, 0.717) is 48.1 Å². The number of carbonyl (C=O) groups excluding carboxylic acids is 2. The molecule has 154 valence electrons. The molecule has 1 N–H and O–H groups in total. The summed E-state index contributed by atoms with van der Waals surface area (Å²) in [6.45, 7) is 3.63. The number of amides is 2. The Morgan fingerprint density at radius 1 is 1.24 bits per heavy atom. The van der Waals surface area contributed by atoms with Crippen LogP contribution in [-0.2, 0) is 9.53 Å². The molecule has 3 rings (SSSR count). The van der Waals surface area contributed by atoms with Gasteiger partial charge in [0.15, 0.2) is 0 Å². The molecule has 0 spiro atoms. The lowest BCUT2D eigenvalue weighted by atomic mass is 9.95. The maximum absolute atomic E-state index is 12.5. The normalized spacial score (nSPS) is 14.7. The zero-order chi connectivity index (χ0) is 20.8. The van der Waals surface area contributed by atoms with Gasteiger partial charge in [-0.2, -0.15) is 0 Å². The number of hydrogen-bond donors (Lipinski definition) is 1. The summed E-state index contributed by atoms with van der Waals surface area (Å²) in [6.07, 6.45) is 3.62. The van der Waals surface area contributed by atoms with Crippen LogP contribution in [0.4, 0.5) is 5.69 Å². The molecular formula is C21H25ClN4O3. The van der Waals surface area contributed by atoms with E-state index in [-0.39, 0.29) is 17.7 Å². The molecule has 0 unspecified atom stereocenters. The highest BCUT2D eigenvalue weighted by Crippen LogP contribution is 2.26. The fraction of sp³-hybridized carbons (Fsp3) is 0.429. The van der Waals surface area contributed by atoms with Gasteiger partial charge < -0.3 is 15.0 Å². The monoisotopic (exact) mass is 416 g/mol. The molecule has 1 aromatic heterocycles. The first-order valence-electron chi connectivity index (χ1n) is 9.65. The summed E-state index contributed by atoms with van der Waals surface area (Å²) in [5, 5.41) is 3.44. The van der Waals surface area contributed by atoms with Gasteiger partial charge in [0.05, 0.1) is 24.3 Å². The van der Waals surface area contributed by atoms with E-state index in [4.69, 9.17) is 16.3 Å². The van der Waals surface area contributed by atoms with Crippen LogP contribution in [-0.4, -0.2) is 53.5 Å². The number of nitrogens with one attached hydrogen (secondary N) is 1. The van der Waals surface area contributed by atoms with Crippen LogP contribution in [0.1, 0.15) is 47.1 Å². The van der Waals surface area contributed by atoms with Crippen LogP contribution >= 0.6 is 11.6 Å². The van der Waals surface area contributed by atoms with Crippen LogP contribution < -0.4 is 5.32 Å². The number of likely N-dealkylation sites (tertiary alicyclic amines) is 1. The van der Waals surface area contributed by atoms with Crippen molar-refractivity contribution < 1.29 is 14.3 Å². The lowest BCUT2D eigenvalue weighted by Crippen LogP contribution is -2.38. The molecule has 2 amide bonds. The van der Waals surface area contributed by atoms with Crippen molar-refractivity contribution in [2.24, 2.45) is 0 Å². The summed E-state index contributed by atoms with van der Waals surface area (Å²) in [5.41, 5.74) is 1.74. The number of methoxy groups -OCH3 is 1. The third-order valence-electron chi connectivity index (χ3n) is 5.08. The van der Waals surface area contributed by atoms with Crippen LogP contribution in [0.5, 0.6) is 0 Å². The molecule has 1 aromatic carbocycles. The highest BCUT2D eigenvalue weighted by atomic mass is 35.5. The van der Waals surface area contributed by atoms with E-state index in [0.717, 1.165) is 18.7 Å². The van der Waals surface area contributed by atoms with E-state index in [9.17, 15) is 9.59 Å². The SMILES string of the molecule is COCCC(=O)N1CCC(c2ncc(C(=O)Nc3ccc(Cl)cc3)c(C)n2)CC1. The lowest BCUT2D eigenvalue weighted by molar-refractivity contribution is -0.133. The summed E-state index contributed by atoms with van der Waals surface area (Å²) in [6, 6.07) is 6.92. The van der Waals surface area contributed by atoms with Crippen molar-refractivity contribution in [2.45, 2.75) is 32.1 Å². The van der Waals surface area contributed by atoms with Gasteiger partial charge in [0.1, 0.15) is 5.82 Å². The summed E-state index contributed by atoms with van der Waals surface area (Å²) in [7, 11) is 1.60. The van der Waals surface area contributed by atoms with Gasteiger partial charge in [0.25, 0.3) is 5.91 Å². The standard InChI is InChI=1S/C21H25ClN4O3/c1-14-18(21(28)25-17-5-3-16(22)4-6-17)13-23-20(24-14)15-7-10-26(11-8-15)19(27)9-12-29-2/h3-6,13,15H,7-12H2,1-2H3,(H,25,28). The number of aryl methyl sites for hydroxylation is 1. The fourth-order valence-electron chi connectivity index (χ4n) is 3.37. The quantitative estimate of drug-likeness (QED) is 0.779. The Labute approximate surface area is 175 Å². The molecule has 29 heavy (non-hydrogen) atoms. The average Bonchev–Trinajstić information content (AvgIpc) is 2.73. The molecule has 1 fully saturated rings. The van der Waals surface area contributed by atoms with Crippen molar-refractivity contribution in [3.8, 4) is 0 Å². The minimum atomic E-state index is -0.255. The Morgan fingerprint density at radius 2 is 1.93 bits per heavy atom. The molecule has 1 saturated heterocycles. The van der Waals surface area contributed by atoms with E-state index in [1.54, 1.807) is 37.6 Å². The van der Waals surface area contributed by atoms with Gasteiger partial charge in [-0.1, -0.05) is 11.6 Å². The molecule has 0 aliphatic carbocycles. The zero-order valence-electron chi connectivity index (χ0n) is 16.7.